The number of aromatic nitrogens is 4. The Kier molecular flexibility index (Phi) is 3.19. The third kappa shape index (κ3) is 2.63. The van der Waals surface area contributed by atoms with Crippen LogP contribution in [-0.4, -0.2) is 26.1 Å². The quantitative estimate of drug-likeness (QED) is 0.642. The van der Waals surface area contributed by atoms with Crippen molar-refractivity contribution in [1.82, 2.24) is 20.2 Å². The molecular weight excluding hydrogens is 292 g/mol. The number of carbonyl (C=O) groups is 1. The number of aromatic amines is 1. The van der Waals surface area contributed by atoms with Crippen molar-refractivity contribution < 1.29 is 4.79 Å². The summed E-state index contributed by atoms with van der Waals surface area (Å²) in [7, 11) is 0. The summed E-state index contributed by atoms with van der Waals surface area (Å²) in [6.07, 6.45) is 0. The lowest BCUT2D eigenvalue weighted by Crippen LogP contribution is -2.11. The molecule has 4 N–H and O–H groups in total. The minimum absolute atomic E-state index is 0.200. The summed E-state index contributed by atoms with van der Waals surface area (Å²) in [5.74, 6) is 0.544. The molecular formula is C13H11ClN6O. The highest BCUT2D eigenvalue weighted by Gasteiger charge is 2.11. The third-order valence-electron chi connectivity index (χ3n) is 2.88. The highest BCUT2D eigenvalue weighted by atomic mass is 35.5. The molecule has 0 fully saturated rings. The van der Waals surface area contributed by atoms with E-state index in [1.165, 1.54) is 0 Å². The molecule has 3 rings (SSSR count). The number of nitrogens with one attached hydrogen (secondary N) is 2. The molecule has 21 heavy (non-hydrogen) atoms. The number of benzene rings is 1. The molecule has 7 nitrogen and oxygen atoms in total. The van der Waals surface area contributed by atoms with Crippen LogP contribution in [0.15, 0.2) is 24.3 Å². The fraction of sp³-hybridized carbons (Fsp3) is 0.0769. The molecule has 0 aliphatic heterocycles. The van der Waals surface area contributed by atoms with Crippen molar-refractivity contribution in [3.05, 3.63) is 40.9 Å². The van der Waals surface area contributed by atoms with Gasteiger partial charge in [0.25, 0.3) is 5.91 Å². The molecule has 3 aromatic rings. The molecule has 8 heteroatoms. The summed E-state index contributed by atoms with van der Waals surface area (Å²) in [5, 5.41) is 10.8. The summed E-state index contributed by atoms with van der Waals surface area (Å²) < 4.78 is 0. The summed E-state index contributed by atoms with van der Waals surface area (Å²) in [4.78, 5) is 19.5. The Morgan fingerprint density at radius 3 is 2.86 bits per heavy atom. The van der Waals surface area contributed by atoms with Gasteiger partial charge in [0, 0.05) is 17.1 Å². The van der Waals surface area contributed by atoms with E-state index in [0.29, 0.717) is 22.2 Å². The second kappa shape index (κ2) is 5.02. The number of nitrogens with zero attached hydrogens (tertiary/aromatic N) is 3. The summed E-state index contributed by atoms with van der Waals surface area (Å²) in [6.45, 7) is 1.75. The molecule has 1 amide bonds. The molecule has 0 bridgehead atoms. The first-order valence-corrected chi connectivity index (χ1v) is 6.47. The molecule has 0 radical (unpaired) electrons. The van der Waals surface area contributed by atoms with Crippen molar-refractivity contribution in [2.45, 2.75) is 6.92 Å². The van der Waals surface area contributed by atoms with Gasteiger partial charge in [-0.25, -0.2) is 9.97 Å². The SMILES string of the molecule is Cc1nc(Cl)cc(Nc2ccc3[nH]nc(C(N)=O)c3c2)n1. The van der Waals surface area contributed by atoms with Crippen molar-refractivity contribution in [3.63, 3.8) is 0 Å². The van der Waals surface area contributed by atoms with Gasteiger partial charge in [-0.15, -0.1) is 0 Å². The van der Waals surface area contributed by atoms with Crippen molar-refractivity contribution >= 4 is 39.9 Å². The predicted octanol–water partition coefficient (Wildman–Crippen LogP) is 2.16. The number of carbonyl (C=O) groups excluding carboxylic acids is 1. The van der Waals surface area contributed by atoms with Crippen molar-refractivity contribution in [2.24, 2.45) is 5.73 Å². The van der Waals surface area contributed by atoms with E-state index in [-0.39, 0.29) is 5.69 Å². The maximum absolute atomic E-state index is 11.3. The summed E-state index contributed by atoms with van der Waals surface area (Å²) in [6, 6.07) is 7.01. The molecule has 0 spiro atoms. The van der Waals surface area contributed by atoms with Crippen molar-refractivity contribution in [2.75, 3.05) is 5.32 Å². The number of rotatable bonds is 3. The highest BCUT2D eigenvalue weighted by Crippen LogP contribution is 2.23. The van der Waals surface area contributed by atoms with Gasteiger partial charge in [0.1, 0.15) is 16.8 Å². The van der Waals surface area contributed by atoms with Gasteiger partial charge in [-0.1, -0.05) is 11.6 Å². The molecule has 0 aliphatic rings. The highest BCUT2D eigenvalue weighted by molar-refractivity contribution is 6.29. The predicted molar refractivity (Wildman–Crippen MR) is 79.7 cm³/mol. The average molecular weight is 303 g/mol. The number of H-pyrrole nitrogens is 1. The molecule has 1 aromatic carbocycles. The number of hydrogen-bond acceptors (Lipinski definition) is 5. The van der Waals surface area contributed by atoms with E-state index in [1.807, 2.05) is 6.07 Å². The van der Waals surface area contributed by atoms with Crippen molar-refractivity contribution in [1.29, 1.82) is 0 Å². The van der Waals surface area contributed by atoms with Gasteiger partial charge >= 0.3 is 0 Å². The molecule has 0 atom stereocenters. The minimum atomic E-state index is -0.584. The third-order valence-corrected chi connectivity index (χ3v) is 3.07. The fourth-order valence-electron chi connectivity index (χ4n) is 2.02. The van der Waals surface area contributed by atoms with Gasteiger partial charge in [0.15, 0.2) is 5.69 Å². The van der Waals surface area contributed by atoms with Crippen molar-refractivity contribution in [3.8, 4) is 0 Å². The monoisotopic (exact) mass is 302 g/mol. The van der Waals surface area contributed by atoms with Gasteiger partial charge in [-0.2, -0.15) is 5.10 Å². The molecule has 0 saturated heterocycles. The lowest BCUT2D eigenvalue weighted by molar-refractivity contribution is 0.0997. The largest absolute Gasteiger partial charge is 0.364 e. The van der Waals surface area contributed by atoms with Crippen LogP contribution in [0.3, 0.4) is 0 Å². The standard InChI is InChI=1S/C13H11ClN6O/c1-6-16-10(14)5-11(17-6)18-7-2-3-9-8(4-7)12(13(15)21)20-19-9/h2-5H,1H3,(H2,15,21)(H,19,20)(H,16,17,18). The topological polar surface area (TPSA) is 110 Å². The average Bonchev–Trinajstić information content (AvgIpc) is 2.80. The Morgan fingerprint density at radius 1 is 1.33 bits per heavy atom. The van der Waals surface area contributed by atoms with E-state index in [4.69, 9.17) is 17.3 Å². The number of nitrogens with two attached hydrogens (primary N) is 1. The Labute approximate surface area is 124 Å². The maximum atomic E-state index is 11.3. The summed E-state index contributed by atoms with van der Waals surface area (Å²) >= 11 is 5.89. The first-order valence-electron chi connectivity index (χ1n) is 6.09. The van der Waals surface area contributed by atoms with Gasteiger partial charge in [0.2, 0.25) is 0 Å². The lowest BCUT2D eigenvalue weighted by Gasteiger charge is -2.06. The number of fused-ring (bicyclic) bond motifs is 1. The van der Waals surface area contributed by atoms with E-state index in [2.05, 4.69) is 25.5 Å². The minimum Gasteiger partial charge on any atom is -0.364 e. The second-order valence-corrected chi connectivity index (χ2v) is 4.83. The Morgan fingerprint density at radius 2 is 2.14 bits per heavy atom. The van der Waals surface area contributed by atoms with Crippen LogP contribution in [0.1, 0.15) is 16.3 Å². The number of anilines is 2. The van der Waals surface area contributed by atoms with Crippen LogP contribution in [0.5, 0.6) is 0 Å². The zero-order valence-corrected chi connectivity index (χ0v) is 11.8. The fourth-order valence-corrected chi connectivity index (χ4v) is 2.25. The van der Waals surface area contributed by atoms with Crippen LogP contribution >= 0.6 is 11.6 Å². The van der Waals surface area contributed by atoms with E-state index < -0.39 is 5.91 Å². The van der Waals surface area contributed by atoms with Crippen LogP contribution in [-0.2, 0) is 0 Å². The zero-order valence-electron chi connectivity index (χ0n) is 11.0. The Balaban J connectivity index is 2.00. The van der Waals surface area contributed by atoms with Gasteiger partial charge in [-0.05, 0) is 25.1 Å². The smallest absolute Gasteiger partial charge is 0.269 e. The molecule has 2 aromatic heterocycles. The van der Waals surface area contributed by atoms with Crippen LogP contribution in [0.2, 0.25) is 5.15 Å². The van der Waals surface area contributed by atoms with E-state index in [0.717, 1.165) is 11.2 Å². The van der Waals surface area contributed by atoms with Gasteiger partial charge < -0.3 is 11.1 Å². The van der Waals surface area contributed by atoms with E-state index in [9.17, 15) is 4.79 Å². The molecule has 2 heterocycles. The molecule has 106 valence electrons. The van der Waals surface area contributed by atoms with Crippen LogP contribution < -0.4 is 11.1 Å². The molecule has 0 saturated carbocycles. The first-order chi connectivity index (χ1) is 10.0. The van der Waals surface area contributed by atoms with E-state index in [1.54, 1.807) is 25.1 Å². The lowest BCUT2D eigenvalue weighted by atomic mass is 10.2. The second-order valence-electron chi connectivity index (χ2n) is 4.44. The number of aryl methyl sites for hydroxylation is 1. The maximum Gasteiger partial charge on any atom is 0.269 e. The number of halogens is 1. The van der Waals surface area contributed by atoms with Crippen LogP contribution in [0.4, 0.5) is 11.5 Å². The number of primary amides is 1. The molecule has 0 unspecified atom stereocenters. The normalized spacial score (nSPS) is 10.8. The first kappa shape index (κ1) is 13.3. The van der Waals surface area contributed by atoms with Crippen LogP contribution in [0.25, 0.3) is 10.9 Å². The number of hydrogen-bond donors (Lipinski definition) is 3. The van der Waals surface area contributed by atoms with Gasteiger partial charge in [0.05, 0.1) is 5.52 Å². The zero-order chi connectivity index (χ0) is 15.0. The summed E-state index contributed by atoms with van der Waals surface area (Å²) in [5.41, 5.74) is 6.95. The van der Waals surface area contributed by atoms with Gasteiger partial charge in [-0.3, -0.25) is 9.89 Å². The van der Waals surface area contributed by atoms with E-state index >= 15 is 0 Å². The van der Waals surface area contributed by atoms with Crippen LogP contribution in [0, 0.1) is 6.92 Å². The Hall–Kier alpha value is -2.67. The Bertz CT molecular complexity index is 824. The number of amides is 1. The molecule has 0 aliphatic carbocycles.